The Kier molecular flexibility index (Phi) is 2.86. The summed E-state index contributed by atoms with van der Waals surface area (Å²) in [6.45, 7) is 0. The number of hydrogen-bond donors (Lipinski definition) is 2. The van der Waals surface area contributed by atoms with Gasteiger partial charge < -0.3 is 5.32 Å². The molecule has 0 aliphatic rings. The summed E-state index contributed by atoms with van der Waals surface area (Å²) in [5, 5.41) is 14.5. The minimum atomic E-state index is 0.788. The number of anilines is 2. The van der Waals surface area contributed by atoms with Crippen molar-refractivity contribution in [2.45, 2.75) is 0 Å². The monoisotopic (exact) mass is 293 g/mol. The zero-order chi connectivity index (χ0) is 14.1. The van der Waals surface area contributed by atoms with E-state index in [0.29, 0.717) is 0 Å². The quantitative estimate of drug-likeness (QED) is 0.602. The number of aromatic nitrogens is 4. The highest BCUT2D eigenvalue weighted by Crippen LogP contribution is 2.31. The number of rotatable bonds is 3. The van der Waals surface area contributed by atoms with E-state index in [2.05, 4.69) is 31.5 Å². The van der Waals surface area contributed by atoms with Gasteiger partial charge in [-0.25, -0.2) is 4.98 Å². The van der Waals surface area contributed by atoms with E-state index in [-0.39, 0.29) is 0 Å². The van der Waals surface area contributed by atoms with E-state index in [4.69, 9.17) is 0 Å². The molecule has 3 aromatic heterocycles. The maximum atomic E-state index is 4.37. The van der Waals surface area contributed by atoms with Crippen LogP contribution in [0.4, 0.5) is 10.9 Å². The van der Waals surface area contributed by atoms with E-state index in [1.165, 1.54) is 0 Å². The van der Waals surface area contributed by atoms with Crippen LogP contribution in [0.15, 0.2) is 54.3 Å². The van der Waals surface area contributed by atoms with Crippen LogP contribution in [0.2, 0.25) is 0 Å². The van der Waals surface area contributed by atoms with Crippen molar-refractivity contribution in [1.82, 2.24) is 20.2 Å². The first-order valence-electron chi connectivity index (χ1n) is 6.46. The first-order chi connectivity index (χ1) is 10.4. The zero-order valence-electron chi connectivity index (χ0n) is 10.9. The van der Waals surface area contributed by atoms with Crippen molar-refractivity contribution in [3.05, 3.63) is 54.3 Å². The molecule has 5 nitrogen and oxygen atoms in total. The summed E-state index contributed by atoms with van der Waals surface area (Å²) in [5.74, 6) is 0.788. The number of hydrogen-bond acceptors (Lipinski definition) is 5. The molecular weight excluding hydrogens is 282 g/mol. The molecular formula is C15H11N5S. The maximum Gasteiger partial charge on any atom is 0.188 e. The lowest BCUT2D eigenvalue weighted by Gasteiger charge is -2.03. The Morgan fingerprint density at radius 1 is 1.05 bits per heavy atom. The van der Waals surface area contributed by atoms with Gasteiger partial charge in [0.25, 0.3) is 0 Å². The molecule has 2 N–H and O–H groups in total. The van der Waals surface area contributed by atoms with Gasteiger partial charge in [-0.3, -0.25) is 10.1 Å². The largest absolute Gasteiger partial charge is 0.314 e. The van der Waals surface area contributed by atoms with Gasteiger partial charge >= 0.3 is 0 Å². The van der Waals surface area contributed by atoms with Gasteiger partial charge in [-0.05, 0) is 23.8 Å². The molecule has 0 aliphatic carbocycles. The summed E-state index contributed by atoms with van der Waals surface area (Å²) in [6.07, 6.45) is 5.35. The van der Waals surface area contributed by atoms with Crippen LogP contribution < -0.4 is 5.32 Å². The Balaban J connectivity index is 1.83. The summed E-state index contributed by atoms with van der Waals surface area (Å²) < 4.78 is 0. The average molecular weight is 293 g/mol. The molecule has 4 rings (SSSR count). The molecule has 1 aromatic carbocycles. The molecule has 0 fully saturated rings. The van der Waals surface area contributed by atoms with Crippen LogP contribution in [0.5, 0.6) is 0 Å². The highest BCUT2D eigenvalue weighted by atomic mass is 32.1. The minimum absolute atomic E-state index is 0.788. The number of fused-ring (bicyclic) bond motifs is 1. The summed E-state index contributed by atoms with van der Waals surface area (Å²) in [5.41, 5.74) is 3.22. The standard InChI is InChI=1S/C15H11N5S/c1-2-11(10-4-6-16-7-5-10)13-12(3-1)14(20-19-13)18-15-17-8-9-21-15/h1-9H,(H2,17,18,19,20). The first kappa shape index (κ1) is 12.0. The zero-order valence-corrected chi connectivity index (χ0v) is 11.8. The summed E-state index contributed by atoms with van der Waals surface area (Å²) >= 11 is 1.55. The van der Waals surface area contributed by atoms with Gasteiger partial charge in [0.05, 0.1) is 5.52 Å². The fraction of sp³-hybridized carbons (Fsp3) is 0. The Bertz CT molecular complexity index is 868. The molecule has 0 bridgehead atoms. The van der Waals surface area contributed by atoms with E-state index in [0.717, 1.165) is 33.0 Å². The van der Waals surface area contributed by atoms with E-state index in [1.807, 2.05) is 29.6 Å². The van der Waals surface area contributed by atoms with Gasteiger partial charge in [-0.2, -0.15) is 5.10 Å². The van der Waals surface area contributed by atoms with E-state index >= 15 is 0 Å². The fourth-order valence-corrected chi connectivity index (χ4v) is 2.82. The second-order valence-electron chi connectivity index (χ2n) is 4.50. The third-order valence-electron chi connectivity index (χ3n) is 3.25. The Hall–Kier alpha value is -2.73. The number of nitrogens with one attached hydrogen (secondary N) is 2. The molecule has 3 heterocycles. The average Bonchev–Trinajstić information content (AvgIpc) is 3.19. The van der Waals surface area contributed by atoms with Crippen molar-refractivity contribution < 1.29 is 0 Å². The van der Waals surface area contributed by atoms with Crippen LogP contribution in [0.3, 0.4) is 0 Å². The van der Waals surface area contributed by atoms with Gasteiger partial charge in [-0.1, -0.05) is 12.1 Å². The van der Waals surface area contributed by atoms with Crippen molar-refractivity contribution in [1.29, 1.82) is 0 Å². The second kappa shape index (κ2) is 4.99. The molecule has 0 saturated heterocycles. The highest BCUT2D eigenvalue weighted by Gasteiger charge is 2.11. The first-order valence-corrected chi connectivity index (χ1v) is 7.34. The topological polar surface area (TPSA) is 66.5 Å². The van der Waals surface area contributed by atoms with Gasteiger partial charge in [0.1, 0.15) is 0 Å². The molecule has 102 valence electrons. The molecule has 0 saturated carbocycles. The Morgan fingerprint density at radius 2 is 1.95 bits per heavy atom. The van der Waals surface area contributed by atoms with E-state index in [9.17, 15) is 0 Å². The smallest absolute Gasteiger partial charge is 0.188 e. The van der Waals surface area contributed by atoms with Crippen molar-refractivity contribution >= 4 is 33.2 Å². The lowest BCUT2D eigenvalue weighted by atomic mass is 10.0. The number of nitrogens with zero attached hydrogens (tertiary/aromatic N) is 3. The van der Waals surface area contributed by atoms with Crippen LogP contribution in [-0.4, -0.2) is 20.2 Å². The van der Waals surface area contributed by atoms with Gasteiger partial charge in [0.2, 0.25) is 0 Å². The van der Waals surface area contributed by atoms with Crippen LogP contribution in [0, 0.1) is 0 Å². The predicted molar refractivity (Wildman–Crippen MR) is 84.7 cm³/mol. The van der Waals surface area contributed by atoms with E-state index < -0.39 is 0 Å². The van der Waals surface area contributed by atoms with Crippen LogP contribution in [0.25, 0.3) is 22.0 Å². The molecule has 0 spiro atoms. The SMILES string of the molecule is c1cc(-c2ccncc2)c2[nH]nc(Nc3nccs3)c2c1. The second-order valence-corrected chi connectivity index (χ2v) is 5.39. The molecule has 0 unspecified atom stereocenters. The van der Waals surface area contributed by atoms with E-state index in [1.54, 1.807) is 29.9 Å². The van der Waals surface area contributed by atoms with Gasteiger partial charge in [0, 0.05) is 34.9 Å². The number of benzene rings is 1. The third kappa shape index (κ3) is 2.15. The number of pyridine rings is 1. The molecule has 0 aliphatic heterocycles. The fourth-order valence-electron chi connectivity index (χ4n) is 2.30. The minimum Gasteiger partial charge on any atom is -0.314 e. The highest BCUT2D eigenvalue weighted by molar-refractivity contribution is 7.13. The molecule has 4 aromatic rings. The van der Waals surface area contributed by atoms with Crippen molar-refractivity contribution in [2.75, 3.05) is 5.32 Å². The molecule has 0 atom stereocenters. The maximum absolute atomic E-state index is 4.37. The van der Waals surface area contributed by atoms with Gasteiger partial charge in [0.15, 0.2) is 10.9 Å². The Labute approximate surface area is 124 Å². The van der Waals surface area contributed by atoms with Gasteiger partial charge in [-0.15, -0.1) is 11.3 Å². The lowest BCUT2D eigenvalue weighted by Crippen LogP contribution is -1.89. The summed E-state index contributed by atoms with van der Waals surface area (Å²) in [7, 11) is 0. The molecule has 0 radical (unpaired) electrons. The molecule has 0 amide bonds. The summed E-state index contributed by atoms with van der Waals surface area (Å²) in [4.78, 5) is 8.28. The predicted octanol–water partition coefficient (Wildman–Crippen LogP) is 3.83. The van der Waals surface area contributed by atoms with Crippen LogP contribution in [-0.2, 0) is 0 Å². The Morgan fingerprint density at radius 3 is 2.76 bits per heavy atom. The van der Waals surface area contributed by atoms with Crippen LogP contribution >= 0.6 is 11.3 Å². The number of para-hydroxylation sites is 1. The lowest BCUT2D eigenvalue weighted by molar-refractivity contribution is 1.12. The van der Waals surface area contributed by atoms with Crippen molar-refractivity contribution in [3.8, 4) is 11.1 Å². The normalized spacial score (nSPS) is 10.9. The molecule has 21 heavy (non-hydrogen) atoms. The number of aromatic amines is 1. The third-order valence-corrected chi connectivity index (χ3v) is 3.94. The van der Waals surface area contributed by atoms with Crippen molar-refractivity contribution in [2.24, 2.45) is 0 Å². The number of H-pyrrole nitrogens is 1. The van der Waals surface area contributed by atoms with Crippen molar-refractivity contribution in [3.63, 3.8) is 0 Å². The summed E-state index contributed by atoms with van der Waals surface area (Å²) in [6, 6.07) is 10.1. The van der Waals surface area contributed by atoms with Crippen LogP contribution in [0.1, 0.15) is 0 Å². The molecule has 6 heteroatoms. The number of thiazole rings is 1.